The molecule has 2 atom stereocenters. The van der Waals surface area contributed by atoms with Crippen molar-refractivity contribution in [2.24, 2.45) is 17.1 Å². The number of aliphatic hydroxyl groups is 1. The van der Waals surface area contributed by atoms with E-state index in [1.165, 1.54) is 0 Å². The summed E-state index contributed by atoms with van der Waals surface area (Å²) in [7, 11) is 0. The minimum Gasteiger partial charge on any atom is -0.445 e. The molecule has 0 radical (unpaired) electrons. The summed E-state index contributed by atoms with van der Waals surface area (Å²) in [5.74, 6) is -0.563. The van der Waals surface area contributed by atoms with Crippen LogP contribution in [-0.4, -0.2) is 74.7 Å². The number of rotatable bonds is 21. The number of pyridine rings is 1. The van der Waals surface area contributed by atoms with Crippen LogP contribution in [0.5, 0.6) is 0 Å². The standard InChI is InChI=1S/C46H60N10O7/c1-6-7-14-36-54-38-39(33-11-8-9-12-34(33)52-40(38)47)56(36)25-30-17-15-29(16-18-30)24-50-45(62)63-26-31-19-21-32(22-20-31)51-41(58)35(13-10-23-49-44(48)61)53-42(59)37(28(2)3)55-43(60)46(4,5)27-57/h8-9,11-12,15-22,28,35,37,57H,6-7,10,13-14,23-27H2,1-5H3,(H2,47,52)(H,50,62)(H,51,58)(H,53,59)(H,55,60)(H3,48,49,61)/t35-,37?/m0/s1. The van der Waals surface area contributed by atoms with Gasteiger partial charge in [0, 0.05) is 37.1 Å². The Morgan fingerprint density at radius 3 is 2.21 bits per heavy atom. The normalized spacial score (nSPS) is 12.4. The maximum atomic E-state index is 13.5. The Bertz CT molecular complexity index is 2380. The van der Waals surface area contributed by atoms with Crippen molar-refractivity contribution in [3.05, 3.63) is 95.3 Å². The highest BCUT2D eigenvalue weighted by Crippen LogP contribution is 2.30. The SMILES string of the molecule is CCCCc1nc2c(N)nc3ccccc3c2n1Cc1ccc(CNC(=O)OCc2ccc(NC(=O)[C@H](CCCNC(N)=O)NC(=O)C(NC(=O)C(C)(C)CO)C(C)C)cc2)cc1. The third-order valence-electron chi connectivity index (χ3n) is 10.7. The lowest BCUT2D eigenvalue weighted by Crippen LogP contribution is -2.56. The molecule has 17 nitrogen and oxygen atoms in total. The summed E-state index contributed by atoms with van der Waals surface area (Å²) in [6.07, 6.45) is 2.73. The molecule has 1 unspecified atom stereocenters. The molecule has 17 heteroatoms. The summed E-state index contributed by atoms with van der Waals surface area (Å²) in [6, 6.07) is 19.9. The number of primary amides is 1. The van der Waals surface area contributed by atoms with E-state index < -0.39 is 54.0 Å². The molecule has 0 bridgehead atoms. The zero-order valence-corrected chi connectivity index (χ0v) is 36.6. The number of fused-ring (bicyclic) bond motifs is 3. The number of benzene rings is 3. The largest absolute Gasteiger partial charge is 0.445 e. The number of hydrogen-bond acceptors (Lipinski definition) is 10. The second kappa shape index (κ2) is 21.9. The molecule has 0 saturated heterocycles. The molecule has 0 aliphatic heterocycles. The summed E-state index contributed by atoms with van der Waals surface area (Å²) < 4.78 is 7.69. The van der Waals surface area contributed by atoms with E-state index >= 15 is 0 Å². The second-order valence-corrected chi connectivity index (χ2v) is 16.6. The highest BCUT2D eigenvalue weighted by molar-refractivity contribution is 6.06. The molecule has 336 valence electrons. The van der Waals surface area contributed by atoms with Gasteiger partial charge >= 0.3 is 12.1 Å². The van der Waals surface area contributed by atoms with Crippen LogP contribution in [0.4, 0.5) is 21.1 Å². The van der Waals surface area contributed by atoms with Crippen LogP contribution in [0.2, 0.25) is 0 Å². The Hall–Kier alpha value is -6.75. The number of urea groups is 1. The number of para-hydroxylation sites is 1. The Morgan fingerprint density at radius 2 is 1.54 bits per heavy atom. The highest BCUT2D eigenvalue weighted by atomic mass is 16.5. The topological polar surface area (TPSA) is 258 Å². The number of nitrogens with two attached hydrogens (primary N) is 2. The highest BCUT2D eigenvalue weighted by Gasteiger charge is 2.34. The summed E-state index contributed by atoms with van der Waals surface area (Å²) in [6.45, 7) is 9.36. The van der Waals surface area contributed by atoms with Crippen LogP contribution in [0.1, 0.15) is 82.8 Å². The van der Waals surface area contributed by atoms with Gasteiger partial charge in [0.1, 0.15) is 30.0 Å². The molecule has 10 N–H and O–H groups in total. The molecule has 2 aromatic heterocycles. The van der Waals surface area contributed by atoms with E-state index in [1.807, 2.05) is 48.5 Å². The number of anilines is 2. The predicted octanol–water partition coefficient (Wildman–Crippen LogP) is 5.02. The van der Waals surface area contributed by atoms with Gasteiger partial charge < -0.3 is 52.5 Å². The molecule has 0 aliphatic carbocycles. The first-order valence-corrected chi connectivity index (χ1v) is 21.3. The van der Waals surface area contributed by atoms with Crippen LogP contribution in [0.3, 0.4) is 0 Å². The number of alkyl carbamates (subject to hydrolysis) is 1. The lowest BCUT2D eigenvalue weighted by molar-refractivity contribution is -0.137. The van der Waals surface area contributed by atoms with E-state index in [9.17, 15) is 29.1 Å². The van der Waals surface area contributed by atoms with Gasteiger partial charge in [-0.05, 0) is 73.9 Å². The number of hydrogen-bond donors (Lipinski definition) is 8. The number of amides is 6. The number of ether oxygens (including phenoxy) is 1. The van der Waals surface area contributed by atoms with E-state index in [0.29, 0.717) is 35.6 Å². The van der Waals surface area contributed by atoms with Gasteiger partial charge in [-0.3, -0.25) is 14.4 Å². The van der Waals surface area contributed by atoms with Crippen molar-refractivity contribution in [2.45, 2.75) is 98.5 Å². The number of imidazole rings is 1. The van der Waals surface area contributed by atoms with Crippen molar-refractivity contribution < 1.29 is 33.8 Å². The lowest BCUT2D eigenvalue weighted by atomic mass is 9.92. The molecule has 5 rings (SSSR count). The number of aliphatic hydroxyl groups excluding tert-OH is 1. The second-order valence-electron chi connectivity index (χ2n) is 16.6. The number of nitrogen functional groups attached to an aromatic ring is 1. The van der Waals surface area contributed by atoms with Crippen molar-refractivity contribution in [2.75, 3.05) is 24.2 Å². The first-order valence-electron chi connectivity index (χ1n) is 21.3. The summed E-state index contributed by atoms with van der Waals surface area (Å²) in [4.78, 5) is 73.0. The predicted molar refractivity (Wildman–Crippen MR) is 242 cm³/mol. The quantitative estimate of drug-likeness (QED) is 0.0457. The average Bonchev–Trinajstić information content (AvgIpc) is 3.63. The smallest absolute Gasteiger partial charge is 0.407 e. The van der Waals surface area contributed by atoms with Crippen LogP contribution >= 0.6 is 0 Å². The maximum Gasteiger partial charge on any atom is 0.407 e. The zero-order valence-electron chi connectivity index (χ0n) is 36.6. The number of carbonyl (C=O) groups is 5. The molecule has 0 spiro atoms. The summed E-state index contributed by atoms with van der Waals surface area (Å²) >= 11 is 0. The zero-order chi connectivity index (χ0) is 45.7. The van der Waals surface area contributed by atoms with Gasteiger partial charge in [0.15, 0.2) is 5.82 Å². The van der Waals surface area contributed by atoms with Gasteiger partial charge in [-0.2, -0.15) is 0 Å². The third kappa shape index (κ3) is 12.9. The van der Waals surface area contributed by atoms with Crippen LogP contribution in [-0.2, 0) is 45.2 Å². The average molecular weight is 865 g/mol. The van der Waals surface area contributed by atoms with E-state index in [-0.39, 0.29) is 32.0 Å². The number of carbonyl (C=O) groups excluding carboxylic acids is 5. The van der Waals surface area contributed by atoms with E-state index in [0.717, 1.165) is 52.6 Å². The fourth-order valence-electron chi connectivity index (χ4n) is 6.83. The Morgan fingerprint density at radius 1 is 0.857 bits per heavy atom. The van der Waals surface area contributed by atoms with Gasteiger partial charge in [0.05, 0.1) is 23.1 Å². The Labute approximate surface area is 367 Å². The molecule has 0 fully saturated rings. The molecule has 63 heavy (non-hydrogen) atoms. The number of aryl methyl sites for hydroxylation is 1. The van der Waals surface area contributed by atoms with Crippen molar-refractivity contribution in [3.63, 3.8) is 0 Å². The summed E-state index contributed by atoms with van der Waals surface area (Å²) in [5, 5.41) is 24.1. The number of unbranched alkanes of at least 4 members (excludes halogenated alkanes) is 1. The fraction of sp³-hybridized carbons (Fsp3) is 0.413. The Balaban J connectivity index is 1.14. The van der Waals surface area contributed by atoms with Gasteiger partial charge in [0.25, 0.3) is 0 Å². The molecule has 0 saturated carbocycles. The van der Waals surface area contributed by atoms with Crippen molar-refractivity contribution in [3.8, 4) is 0 Å². The molecule has 3 aromatic carbocycles. The third-order valence-corrected chi connectivity index (χ3v) is 10.7. The Kier molecular flexibility index (Phi) is 16.4. The van der Waals surface area contributed by atoms with Crippen LogP contribution in [0, 0.1) is 11.3 Å². The van der Waals surface area contributed by atoms with Gasteiger partial charge in [-0.15, -0.1) is 0 Å². The summed E-state index contributed by atoms with van der Waals surface area (Å²) in [5.41, 5.74) is 16.0. The number of nitrogens with zero attached hydrogens (tertiary/aromatic N) is 3. The van der Waals surface area contributed by atoms with E-state index in [2.05, 4.69) is 43.1 Å². The van der Waals surface area contributed by atoms with E-state index in [1.54, 1.807) is 52.0 Å². The lowest BCUT2D eigenvalue weighted by Gasteiger charge is -2.29. The number of nitrogens with one attached hydrogen (secondary N) is 5. The van der Waals surface area contributed by atoms with Crippen LogP contribution in [0.25, 0.3) is 21.9 Å². The first kappa shape index (κ1) is 47.3. The fourth-order valence-corrected chi connectivity index (χ4v) is 6.83. The molecular formula is C46H60N10O7. The monoisotopic (exact) mass is 864 g/mol. The first-order chi connectivity index (χ1) is 30.1. The van der Waals surface area contributed by atoms with Crippen LogP contribution in [0.15, 0.2) is 72.8 Å². The minimum atomic E-state index is -1.12. The van der Waals surface area contributed by atoms with Crippen molar-refractivity contribution in [1.29, 1.82) is 0 Å². The number of aromatic nitrogens is 3. The molecule has 0 aliphatic rings. The minimum absolute atomic E-state index is 0.0200. The van der Waals surface area contributed by atoms with Crippen molar-refractivity contribution >= 4 is 63.3 Å². The van der Waals surface area contributed by atoms with Gasteiger partial charge in [-0.25, -0.2) is 19.6 Å². The van der Waals surface area contributed by atoms with Crippen LogP contribution < -0.4 is 38.1 Å². The van der Waals surface area contributed by atoms with Crippen molar-refractivity contribution in [1.82, 2.24) is 35.8 Å². The van der Waals surface area contributed by atoms with Gasteiger partial charge in [-0.1, -0.05) is 81.8 Å². The van der Waals surface area contributed by atoms with Gasteiger partial charge in [0.2, 0.25) is 17.7 Å². The molecular weight excluding hydrogens is 805 g/mol. The molecule has 6 amide bonds. The molecule has 2 heterocycles. The molecule has 5 aromatic rings. The van der Waals surface area contributed by atoms with E-state index in [4.69, 9.17) is 21.2 Å². The maximum absolute atomic E-state index is 13.5.